The molecule has 0 N–H and O–H groups in total. The minimum Gasteiger partial charge on any atom is -0.468 e. The summed E-state index contributed by atoms with van der Waals surface area (Å²) in [7, 11) is 1.40. The van der Waals surface area contributed by atoms with E-state index in [4.69, 9.17) is 4.74 Å². The first-order valence-electron chi connectivity index (χ1n) is 8.42. The van der Waals surface area contributed by atoms with Crippen molar-refractivity contribution in [3.63, 3.8) is 0 Å². The van der Waals surface area contributed by atoms with E-state index in [1.54, 1.807) is 0 Å². The van der Waals surface area contributed by atoms with Crippen LogP contribution in [0, 0.1) is 11.3 Å². The fourth-order valence-corrected chi connectivity index (χ4v) is 3.93. The van der Waals surface area contributed by atoms with E-state index in [-0.39, 0.29) is 17.7 Å². The second-order valence-corrected chi connectivity index (χ2v) is 6.66. The second kappa shape index (κ2) is 7.24. The highest BCUT2D eigenvalue weighted by Gasteiger charge is 2.51. The Balaban J connectivity index is 2.25. The van der Waals surface area contributed by atoms with Crippen molar-refractivity contribution in [1.29, 1.82) is 0 Å². The Morgan fingerprint density at radius 2 is 1.71 bits per heavy atom. The lowest BCUT2D eigenvalue weighted by Crippen LogP contribution is -2.47. The maximum atomic E-state index is 13.0. The van der Waals surface area contributed by atoms with Crippen molar-refractivity contribution in [3.05, 3.63) is 12.2 Å². The van der Waals surface area contributed by atoms with Gasteiger partial charge < -0.3 is 4.74 Å². The predicted octanol–water partition coefficient (Wildman–Crippen LogP) is 4.21. The number of carbonyl (C=O) groups is 2. The zero-order chi connectivity index (χ0) is 15.3. The quantitative estimate of drug-likeness (QED) is 0.413. The highest BCUT2D eigenvalue weighted by Crippen LogP contribution is 2.45. The number of hydrogen-bond donors (Lipinski definition) is 0. The Bertz CT molecular complexity index is 413. The highest BCUT2D eigenvalue weighted by atomic mass is 16.5. The molecule has 2 aliphatic carbocycles. The molecular formula is C18H28O3. The van der Waals surface area contributed by atoms with E-state index in [1.807, 2.05) is 0 Å². The molecular weight excluding hydrogens is 264 g/mol. The lowest BCUT2D eigenvalue weighted by Gasteiger charge is -2.38. The van der Waals surface area contributed by atoms with Crippen LogP contribution in [0.2, 0.25) is 0 Å². The first-order chi connectivity index (χ1) is 10.1. The van der Waals surface area contributed by atoms with Gasteiger partial charge in [0.05, 0.1) is 7.11 Å². The van der Waals surface area contributed by atoms with E-state index in [0.29, 0.717) is 12.8 Å². The van der Waals surface area contributed by atoms with Crippen molar-refractivity contribution in [2.24, 2.45) is 11.3 Å². The molecule has 2 saturated carbocycles. The van der Waals surface area contributed by atoms with Crippen LogP contribution in [0.3, 0.4) is 0 Å². The number of carbonyl (C=O) groups excluding carboxylic acids is 2. The minimum absolute atomic E-state index is 0.0890. The monoisotopic (exact) mass is 292 g/mol. The van der Waals surface area contributed by atoms with Gasteiger partial charge in [-0.25, -0.2) is 0 Å². The molecule has 2 bridgehead atoms. The smallest absolute Gasteiger partial charge is 0.319 e. The first kappa shape index (κ1) is 16.3. The van der Waals surface area contributed by atoms with Gasteiger partial charge in [0.2, 0.25) is 0 Å². The third kappa shape index (κ3) is 3.38. The largest absolute Gasteiger partial charge is 0.468 e. The number of ketones is 1. The molecule has 0 aromatic heterocycles. The van der Waals surface area contributed by atoms with E-state index in [0.717, 1.165) is 37.7 Å². The fraction of sp³-hybridized carbons (Fsp3) is 0.778. The van der Waals surface area contributed by atoms with E-state index in [1.165, 1.54) is 32.8 Å². The molecule has 2 rings (SSSR count). The summed E-state index contributed by atoms with van der Waals surface area (Å²) in [6.45, 7) is 4.10. The normalized spacial score (nSPS) is 32.0. The second-order valence-electron chi connectivity index (χ2n) is 6.66. The zero-order valence-electron chi connectivity index (χ0n) is 13.3. The van der Waals surface area contributed by atoms with Crippen LogP contribution in [0.15, 0.2) is 12.2 Å². The van der Waals surface area contributed by atoms with Crippen LogP contribution in [-0.4, -0.2) is 18.9 Å². The summed E-state index contributed by atoms with van der Waals surface area (Å²) in [5, 5.41) is 0. The summed E-state index contributed by atoms with van der Waals surface area (Å²) < 4.78 is 5.01. The van der Waals surface area contributed by atoms with E-state index in [2.05, 4.69) is 6.58 Å². The number of methoxy groups -OCH3 is 1. The third-order valence-electron chi connectivity index (χ3n) is 5.33. The van der Waals surface area contributed by atoms with Gasteiger partial charge in [0.15, 0.2) is 5.78 Å². The molecule has 0 aliphatic heterocycles. The van der Waals surface area contributed by atoms with Crippen molar-refractivity contribution in [3.8, 4) is 0 Å². The molecule has 118 valence electrons. The van der Waals surface area contributed by atoms with Crippen molar-refractivity contribution in [1.82, 2.24) is 0 Å². The summed E-state index contributed by atoms with van der Waals surface area (Å²) in [4.78, 5) is 25.4. The molecule has 0 spiro atoms. The standard InChI is InChI=1S/C18H28O3/c1-14-11-13-18(17(20)21-2)12-9-7-5-3-4-6-8-10-15(14)16(18)19/h15H,1,3-13H2,2H3. The Hall–Kier alpha value is -1.12. The molecule has 3 nitrogen and oxygen atoms in total. The van der Waals surface area contributed by atoms with Gasteiger partial charge in [0, 0.05) is 5.92 Å². The number of allylic oxidation sites excluding steroid dienone is 1. The molecule has 3 heteroatoms. The molecule has 0 heterocycles. The average molecular weight is 292 g/mol. The third-order valence-corrected chi connectivity index (χ3v) is 5.33. The van der Waals surface area contributed by atoms with Gasteiger partial charge in [-0.2, -0.15) is 0 Å². The van der Waals surface area contributed by atoms with Crippen LogP contribution in [0.25, 0.3) is 0 Å². The lowest BCUT2D eigenvalue weighted by molar-refractivity contribution is -0.161. The molecule has 0 radical (unpaired) electrons. The molecule has 2 aliphatic rings. The molecule has 2 atom stereocenters. The zero-order valence-corrected chi connectivity index (χ0v) is 13.3. The number of Topliss-reactive ketones (excluding diaryl/α,β-unsaturated/α-hetero) is 1. The highest BCUT2D eigenvalue weighted by molar-refractivity contribution is 6.06. The average Bonchev–Trinajstić information content (AvgIpc) is 2.48. The number of fused-ring (bicyclic) bond motifs is 2. The summed E-state index contributed by atoms with van der Waals surface area (Å²) in [5.41, 5.74) is 0.136. The Morgan fingerprint density at radius 1 is 1.10 bits per heavy atom. The molecule has 0 aromatic rings. The lowest BCUT2D eigenvalue weighted by atomic mass is 9.63. The SMILES string of the molecule is C=C1CCC2(C(=O)OC)CCCCCCCCCC1C2=O. The Kier molecular flexibility index (Phi) is 5.60. The van der Waals surface area contributed by atoms with Gasteiger partial charge in [-0.3, -0.25) is 9.59 Å². The Morgan fingerprint density at radius 3 is 2.38 bits per heavy atom. The van der Waals surface area contributed by atoms with Crippen molar-refractivity contribution < 1.29 is 14.3 Å². The summed E-state index contributed by atoms with van der Waals surface area (Å²) in [6, 6.07) is 0. The van der Waals surface area contributed by atoms with E-state index >= 15 is 0 Å². The fourth-order valence-electron chi connectivity index (χ4n) is 3.93. The van der Waals surface area contributed by atoms with Crippen LogP contribution >= 0.6 is 0 Å². The van der Waals surface area contributed by atoms with Crippen LogP contribution in [0.5, 0.6) is 0 Å². The molecule has 21 heavy (non-hydrogen) atoms. The van der Waals surface area contributed by atoms with Gasteiger partial charge >= 0.3 is 5.97 Å². The number of rotatable bonds is 1. The maximum absolute atomic E-state index is 13.0. The number of ether oxygens (including phenoxy) is 1. The maximum Gasteiger partial charge on any atom is 0.319 e. The van der Waals surface area contributed by atoms with Gasteiger partial charge in [0.25, 0.3) is 0 Å². The van der Waals surface area contributed by atoms with Gasteiger partial charge in [-0.1, -0.05) is 57.1 Å². The topological polar surface area (TPSA) is 43.4 Å². The van der Waals surface area contributed by atoms with Crippen molar-refractivity contribution in [2.45, 2.75) is 70.6 Å². The van der Waals surface area contributed by atoms with Crippen molar-refractivity contribution in [2.75, 3.05) is 7.11 Å². The van der Waals surface area contributed by atoms with Crippen molar-refractivity contribution >= 4 is 11.8 Å². The molecule has 2 fully saturated rings. The van der Waals surface area contributed by atoms with Gasteiger partial charge in [-0.15, -0.1) is 0 Å². The Labute approximate surface area is 128 Å². The predicted molar refractivity (Wildman–Crippen MR) is 82.9 cm³/mol. The van der Waals surface area contributed by atoms with Crippen LogP contribution < -0.4 is 0 Å². The minimum atomic E-state index is -0.889. The van der Waals surface area contributed by atoms with Gasteiger partial charge in [0.1, 0.15) is 5.41 Å². The number of esters is 1. The van der Waals surface area contributed by atoms with Crippen LogP contribution in [-0.2, 0) is 14.3 Å². The molecule has 2 unspecified atom stereocenters. The number of hydrogen-bond acceptors (Lipinski definition) is 3. The summed E-state index contributed by atoms with van der Waals surface area (Å²) >= 11 is 0. The van der Waals surface area contributed by atoms with E-state index < -0.39 is 5.41 Å². The first-order valence-corrected chi connectivity index (χ1v) is 8.42. The van der Waals surface area contributed by atoms with Gasteiger partial charge in [-0.05, 0) is 25.7 Å². The molecule has 0 saturated heterocycles. The van der Waals surface area contributed by atoms with Crippen LogP contribution in [0.1, 0.15) is 70.6 Å². The summed E-state index contributed by atoms with van der Waals surface area (Å²) in [5.74, 6) is -0.356. The molecule has 0 amide bonds. The summed E-state index contributed by atoms with van der Waals surface area (Å²) in [6.07, 6.45) is 10.9. The van der Waals surface area contributed by atoms with Crippen LogP contribution in [0.4, 0.5) is 0 Å². The molecule has 0 aromatic carbocycles. The van der Waals surface area contributed by atoms with E-state index in [9.17, 15) is 9.59 Å².